The van der Waals surface area contributed by atoms with Crippen LogP contribution in [0.1, 0.15) is 29.0 Å². The number of amides is 1. The van der Waals surface area contributed by atoms with Gasteiger partial charge in [-0.3, -0.25) is 9.89 Å². The Morgan fingerprint density at radius 3 is 2.86 bits per heavy atom. The molecule has 7 nitrogen and oxygen atoms in total. The zero-order valence-corrected chi connectivity index (χ0v) is 17.3. The molecule has 0 fully saturated rings. The molecule has 0 aliphatic carbocycles. The molecule has 2 aromatic heterocycles. The summed E-state index contributed by atoms with van der Waals surface area (Å²) in [6.45, 7) is 5.40. The van der Waals surface area contributed by atoms with Crippen molar-refractivity contribution in [3.63, 3.8) is 0 Å². The summed E-state index contributed by atoms with van der Waals surface area (Å²) >= 11 is 6.74. The Morgan fingerprint density at radius 1 is 1.39 bits per heavy atom. The van der Waals surface area contributed by atoms with Crippen molar-refractivity contribution in [2.75, 3.05) is 0 Å². The first-order valence-corrected chi connectivity index (χ1v) is 10.1. The van der Waals surface area contributed by atoms with Gasteiger partial charge in [-0.1, -0.05) is 12.1 Å². The molecule has 3 aromatic rings. The maximum Gasteiger partial charge on any atom is 0.244 e. The van der Waals surface area contributed by atoms with Crippen molar-refractivity contribution in [2.45, 2.75) is 33.5 Å². The van der Waals surface area contributed by atoms with Gasteiger partial charge in [-0.25, -0.2) is 4.98 Å². The minimum absolute atomic E-state index is 0.198. The number of aromatic nitrogens is 4. The van der Waals surface area contributed by atoms with Gasteiger partial charge < -0.3 is 14.6 Å². The van der Waals surface area contributed by atoms with Crippen LogP contribution in [0.2, 0.25) is 0 Å². The third kappa shape index (κ3) is 5.37. The Balaban J connectivity index is 1.49. The van der Waals surface area contributed by atoms with Crippen LogP contribution in [0.3, 0.4) is 0 Å². The molecule has 0 saturated heterocycles. The molecule has 0 atom stereocenters. The molecule has 2 N–H and O–H groups in total. The summed E-state index contributed by atoms with van der Waals surface area (Å²) in [7, 11) is 0. The summed E-state index contributed by atoms with van der Waals surface area (Å²) in [6.07, 6.45) is 3.24. The minimum Gasteiger partial charge on any atom is -0.487 e. The Bertz CT molecular complexity index is 1020. The van der Waals surface area contributed by atoms with Gasteiger partial charge in [-0.2, -0.15) is 5.10 Å². The number of thiazole rings is 1. The number of carbonyl (C=O) groups excluding carboxylic acids is 1. The van der Waals surface area contributed by atoms with Crippen LogP contribution in [0.5, 0.6) is 5.75 Å². The summed E-state index contributed by atoms with van der Waals surface area (Å²) in [5.41, 5.74) is 1.83. The smallest absolute Gasteiger partial charge is 0.244 e. The molecule has 1 amide bonds. The molecule has 0 unspecified atom stereocenters. The summed E-state index contributed by atoms with van der Waals surface area (Å²) < 4.78 is 8.11. The van der Waals surface area contributed by atoms with E-state index in [9.17, 15) is 4.79 Å². The molecule has 2 heterocycles. The van der Waals surface area contributed by atoms with Crippen LogP contribution in [-0.4, -0.2) is 25.7 Å². The minimum atomic E-state index is -0.198. The number of ether oxygens (including phenoxy) is 1. The number of carbonyl (C=O) groups is 1. The second kappa shape index (κ2) is 9.43. The average Bonchev–Trinajstić information content (AvgIpc) is 3.28. The highest BCUT2D eigenvalue weighted by Gasteiger charge is 2.05. The van der Waals surface area contributed by atoms with E-state index in [-0.39, 0.29) is 5.91 Å². The normalized spacial score (nSPS) is 11.1. The maximum atomic E-state index is 12.0. The van der Waals surface area contributed by atoms with Crippen LogP contribution < -0.4 is 10.1 Å². The van der Waals surface area contributed by atoms with Crippen molar-refractivity contribution in [2.24, 2.45) is 0 Å². The van der Waals surface area contributed by atoms with Crippen molar-refractivity contribution in [3.8, 4) is 5.75 Å². The number of nitrogens with zero attached hydrogens (tertiary/aromatic N) is 3. The molecule has 0 radical (unpaired) electrons. The molecule has 0 spiro atoms. The highest BCUT2D eigenvalue weighted by Crippen LogP contribution is 2.16. The van der Waals surface area contributed by atoms with Gasteiger partial charge in [-0.15, -0.1) is 11.3 Å². The second-order valence-corrected chi connectivity index (χ2v) is 7.40. The molecule has 0 aliphatic heterocycles. The van der Waals surface area contributed by atoms with Gasteiger partial charge in [-0.05, 0) is 49.8 Å². The van der Waals surface area contributed by atoms with Gasteiger partial charge in [0.1, 0.15) is 12.4 Å². The topological polar surface area (TPSA) is 84.8 Å². The summed E-state index contributed by atoms with van der Waals surface area (Å²) in [5, 5.41) is 12.7. The van der Waals surface area contributed by atoms with E-state index in [1.54, 1.807) is 17.4 Å². The van der Waals surface area contributed by atoms with E-state index in [0.29, 0.717) is 30.3 Å². The van der Waals surface area contributed by atoms with Crippen molar-refractivity contribution >= 4 is 35.5 Å². The van der Waals surface area contributed by atoms with Crippen LogP contribution >= 0.6 is 23.6 Å². The lowest BCUT2D eigenvalue weighted by atomic mass is 10.2. The molecule has 0 aliphatic rings. The number of aryl methyl sites for hydroxylation is 1. The standard InChI is InChI=1S/C19H21N5O2S2/c1-3-24-17(22-23-19(24)27)10-20-18(25)9-6-14-4-7-16(8-5-14)26-11-15-12-28-13(2)21-15/h4-9,12H,3,10-11H2,1-2H3,(H,20,25)(H,23,27). The fourth-order valence-corrected chi connectivity index (χ4v) is 3.39. The van der Waals surface area contributed by atoms with Gasteiger partial charge in [0.15, 0.2) is 10.6 Å². The molecule has 28 heavy (non-hydrogen) atoms. The fraction of sp³-hybridized carbons (Fsp3) is 0.263. The summed E-state index contributed by atoms with van der Waals surface area (Å²) in [6, 6.07) is 7.53. The van der Waals surface area contributed by atoms with E-state index >= 15 is 0 Å². The molecular formula is C19H21N5O2S2. The monoisotopic (exact) mass is 415 g/mol. The van der Waals surface area contributed by atoms with Gasteiger partial charge in [0.2, 0.25) is 5.91 Å². The number of hydrogen-bond donors (Lipinski definition) is 2. The Morgan fingerprint density at radius 2 is 2.18 bits per heavy atom. The number of H-pyrrole nitrogens is 1. The van der Waals surface area contributed by atoms with Crippen LogP contribution in [-0.2, 0) is 24.5 Å². The Kier molecular flexibility index (Phi) is 6.72. The third-order valence-electron chi connectivity index (χ3n) is 3.93. The molecular weight excluding hydrogens is 394 g/mol. The van der Waals surface area contributed by atoms with Gasteiger partial charge in [0, 0.05) is 18.0 Å². The molecule has 0 saturated carbocycles. The number of nitrogens with one attached hydrogen (secondary N) is 2. The first-order chi connectivity index (χ1) is 13.5. The fourth-order valence-electron chi connectivity index (χ4n) is 2.52. The largest absolute Gasteiger partial charge is 0.487 e. The van der Waals surface area contributed by atoms with E-state index in [1.807, 2.05) is 48.1 Å². The SMILES string of the molecule is CCn1c(CNC(=O)C=Cc2ccc(OCc3csc(C)n3)cc2)n[nH]c1=S. The second-order valence-electron chi connectivity index (χ2n) is 5.96. The van der Waals surface area contributed by atoms with Crippen LogP contribution in [0, 0.1) is 11.7 Å². The van der Waals surface area contributed by atoms with E-state index in [4.69, 9.17) is 17.0 Å². The summed E-state index contributed by atoms with van der Waals surface area (Å²) in [4.78, 5) is 16.4. The van der Waals surface area contributed by atoms with Crippen LogP contribution in [0.25, 0.3) is 6.08 Å². The van der Waals surface area contributed by atoms with E-state index < -0.39 is 0 Å². The van der Waals surface area contributed by atoms with Crippen molar-refractivity contribution in [3.05, 3.63) is 62.6 Å². The van der Waals surface area contributed by atoms with E-state index in [1.165, 1.54) is 6.08 Å². The Labute approximate surface area is 172 Å². The van der Waals surface area contributed by atoms with Gasteiger partial charge in [0.25, 0.3) is 0 Å². The molecule has 9 heteroatoms. The van der Waals surface area contributed by atoms with Crippen LogP contribution in [0.4, 0.5) is 0 Å². The van der Waals surface area contributed by atoms with E-state index in [2.05, 4.69) is 20.5 Å². The number of aromatic amines is 1. The maximum absolute atomic E-state index is 12.0. The lowest BCUT2D eigenvalue weighted by Crippen LogP contribution is -2.22. The lowest BCUT2D eigenvalue weighted by Gasteiger charge is -2.05. The molecule has 0 bridgehead atoms. The highest BCUT2D eigenvalue weighted by molar-refractivity contribution is 7.71. The predicted octanol–water partition coefficient (Wildman–Crippen LogP) is 3.63. The summed E-state index contributed by atoms with van der Waals surface area (Å²) in [5.74, 6) is 1.26. The van der Waals surface area contributed by atoms with Gasteiger partial charge in [0.05, 0.1) is 17.2 Å². The highest BCUT2D eigenvalue weighted by atomic mass is 32.1. The number of hydrogen-bond acceptors (Lipinski definition) is 6. The predicted molar refractivity (Wildman–Crippen MR) is 112 cm³/mol. The Hall–Kier alpha value is -2.78. The lowest BCUT2D eigenvalue weighted by molar-refractivity contribution is -0.116. The van der Waals surface area contributed by atoms with Crippen molar-refractivity contribution in [1.29, 1.82) is 0 Å². The number of rotatable bonds is 8. The quantitative estimate of drug-likeness (QED) is 0.433. The first kappa shape index (κ1) is 20.0. The average molecular weight is 416 g/mol. The number of benzene rings is 1. The third-order valence-corrected chi connectivity index (χ3v) is 5.07. The molecule has 146 valence electrons. The van der Waals surface area contributed by atoms with E-state index in [0.717, 1.165) is 22.0 Å². The zero-order valence-electron chi connectivity index (χ0n) is 15.6. The van der Waals surface area contributed by atoms with Crippen LogP contribution in [0.15, 0.2) is 35.7 Å². The molecule has 1 aromatic carbocycles. The van der Waals surface area contributed by atoms with Gasteiger partial charge >= 0.3 is 0 Å². The molecule has 3 rings (SSSR count). The van der Waals surface area contributed by atoms with Crippen molar-refractivity contribution in [1.82, 2.24) is 25.1 Å². The first-order valence-electron chi connectivity index (χ1n) is 8.79. The van der Waals surface area contributed by atoms with Crippen molar-refractivity contribution < 1.29 is 9.53 Å². The zero-order chi connectivity index (χ0) is 19.9.